The Bertz CT molecular complexity index is 572. The van der Waals surface area contributed by atoms with E-state index in [2.05, 4.69) is 6.08 Å². The van der Waals surface area contributed by atoms with Gasteiger partial charge in [0.25, 0.3) is 0 Å². The van der Waals surface area contributed by atoms with Crippen molar-refractivity contribution in [2.24, 2.45) is 11.8 Å². The van der Waals surface area contributed by atoms with Gasteiger partial charge in [-0.25, -0.2) is 8.42 Å². The Labute approximate surface area is 115 Å². The van der Waals surface area contributed by atoms with Gasteiger partial charge in [0, 0.05) is 4.91 Å². The molecule has 2 aliphatic rings. The lowest BCUT2D eigenvalue weighted by molar-refractivity contribution is 0.258. The molecule has 1 aromatic carbocycles. The van der Waals surface area contributed by atoms with Gasteiger partial charge in [0.15, 0.2) is 0 Å². The first-order valence-corrected chi connectivity index (χ1v) is 8.67. The molecule has 102 valence electrons. The summed E-state index contributed by atoms with van der Waals surface area (Å²) in [6, 6.07) is 8.83. The van der Waals surface area contributed by atoms with Gasteiger partial charge >= 0.3 is 0 Å². The Hall–Kier alpha value is -1.09. The van der Waals surface area contributed by atoms with Crippen LogP contribution >= 0.6 is 0 Å². The fourth-order valence-corrected chi connectivity index (χ4v) is 5.00. The van der Waals surface area contributed by atoms with Crippen LogP contribution in [-0.4, -0.2) is 8.42 Å². The molecule has 0 spiro atoms. The maximum atomic E-state index is 12.6. The zero-order chi connectivity index (χ0) is 13.3. The van der Waals surface area contributed by atoms with Gasteiger partial charge in [0.2, 0.25) is 9.84 Å². The summed E-state index contributed by atoms with van der Waals surface area (Å²) >= 11 is 0. The van der Waals surface area contributed by atoms with Crippen LogP contribution in [-0.2, 0) is 9.84 Å². The fourth-order valence-electron chi connectivity index (χ4n) is 3.44. The lowest BCUT2D eigenvalue weighted by atomic mass is 9.74. The predicted octanol–water partition coefficient (Wildman–Crippen LogP) is 3.94. The van der Waals surface area contributed by atoms with Crippen LogP contribution in [0.3, 0.4) is 0 Å². The number of sulfone groups is 1. The topological polar surface area (TPSA) is 34.1 Å². The van der Waals surface area contributed by atoms with Crippen LogP contribution in [0.4, 0.5) is 0 Å². The van der Waals surface area contributed by atoms with Gasteiger partial charge in [-0.2, -0.15) is 0 Å². The molecule has 0 unspecified atom stereocenters. The minimum atomic E-state index is -3.25. The molecule has 3 rings (SSSR count). The molecule has 0 saturated heterocycles. The molecule has 0 amide bonds. The van der Waals surface area contributed by atoms with Crippen molar-refractivity contribution in [3.63, 3.8) is 0 Å². The zero-order valence-electron chi connectivity index (χ0n) is 11.1. The highest BCUT2D eigenvalue weighted by atomic mass is 32.2. The van der Waals surface area contributed by atoms with E-state index >= 15 is 0 Å². The second-order valence-corrected chi connectivity index (χ2v) is 7.70. The summed E-state index contributed by atoms with van der Waals surface area (Å²) in [5, 5.41) is 0. The van der Waals surface area contributed by atoms with Crippen molar-refractivity contribution in [1.29, 1.82) is 0 Å². The van der Waals surface area contributed by atoms with Crippen LogP contribution in [0.2, 0.25) is 0 Å². The molecule has 1 fully saturated rings. The second-order valence-electron chi connectivity index (χ2n) is 5.70. The molecule has 3 heteroatoms. The first-order chi connectivity index (χ1) is 9.18. The Kier molecular flexibility index (Phi) is 3.48. The maximum Gasteiger partial charge on any atom is 0.202 e. The predicted molar refractivity (Wildman–Crippen MR) is 76.4 cm³/mol. The quantitative estimate of drug-likeness (QED) is 0.819. The van der Waals surface area contributed by atoms with Crippen LogP contribution in [0, 0.1) is 11.8 Å². The molecule has 2 atom stereocenters. The van der Waals surface area contributed by atoms with Crippen LogP contribution in [0.1, 0.15) is 38.5 Å². The molecular formula is C16H20O2S. The first kappa shape index (κ1) is 12.9. The highest BCUT2D eigenvalue weighted by Crippen LogP contribution is 2.41. The fraction of sp³-hybridized carbons (Fsp3) is 0.500. The zero-order valence-corrected chi connectivity index (χ0v) is 11.9. The average molecular weight is 276 g/mol. The first-order valence-electron chi connectivity index (χ1n) is 7.19. The highest BCUT2D eigenvalue weighted by molar-refractivity contribution is 7.95. The number of benzene rings is 1. The number of rotatable bonds is 2. The van der Waals surface area contributed by atoms with Crippen molar-refractivity contribution in [2.75, 3.05) is 0 Å². The van der Waals surface area contributed by atoms with Crippen molar-refractivity contribution in [3.05, 3.63) is 41.3 Å². The van der Waals surface area contributed by atoms with Gasteiger partial charge in [-0.1, -0.05) is 37.1 Å². The highest BCUT2D eigenvalue weighted by Gasteiger charge is 2.31. The monoisotopic (exact) mass is 276 g/mol. The molecule has 0 aliphatic heterocycles. The van der Waals surface area contributed by atoms with E-state index in [4.69, 9.17) is 0 Å². The summed E-state index contributed by atoms with van der Waals surface area (Å²) in [5.41, 5.74) is 0. The second kappa shape index (κ2) is 5.12. The van der Waals surface area contributed by atoms with Crippen LogP contribution < -0.4 is 0 Å². The van der Waals surface area contributed by atoms with Gasteiger partial charge in [-0.05, 0) is 49.7 Å². The van der Waals surface area contributed by atoms with E-state index in [1.165, 1.54) is 25.7 Å². The third kappa shape index (κ3) is 2.48. The van der Waals surface area contributed by atoms with E-state index in [1.807, 2.05) is 6.07 Å². The number of hydrogen-bond acceptors (Lipinski definition) is 2. The summed E-state index contributed by atoms with van der Waals surface area (Å²) < 4.78 is 25.2. The molecule has 1 aromatic rings. The van der Waals surface area contributed by atoms with Gasteiger partial charge in [-0.3, -0.25) is 0 Å². The Balaban J connectivity index is 1.92. The molecular weight excluding hydrogens is 256 g/mol. The van der Waals surface area contributed by atoms with E-state index < -0.39 is 9.84 Å². The van der Waals surface area contributed by atoms with Gasteiger partial charge in [-0.15, -0.1) is 0 Å². The summed E-state index contributed by atoms with van der Waals surface area (Å²) in [6.07, 6.45) is 8.83. The maximum absolute atomic E-state index is 12.6. The number of allylic oxidation sites excluding steroid dienone is 2. The number of fused-ring (bicyclic) bond motifs is 1. The van der Waals surface area contributed by atoms with Crippen molar-refractivity contribution < 1.29 is 8.42 Å². The van der Waals surface area contributed by atoms with Crippen molar-refractivity contribution in [3.8, 4) is 0 Å². The lowest BCUT2D eigenvalue weighted by Gasteiger charge is -2.33. The summed E-state index contributed by atoms with van der Waals surface area (Å²) in [7, 11) is -3.25. The van der Waals surface area contributed by atoms with Crippen LogP contribution in [0.25, 0.3) is 0 Å². The van der Waals surface area contributed by atoms with Crippen LogP contribution in [0.15, 0.2) is 46.2 Å². The third-order valence-electron chi connectivity index (χ3n) is 4.53. The minimum Gasteiger partial charge on any atom is -0.219 e. The summed E-state index contributed by atoms with van der Waals surface area (Å²) in [6.45, 7) is 0. The smallest absolute Gasteiger partial charge is 0.202 e. The van der Waals surface area contributed by atoms with E-state index in [-0.39, 0.29) is 0 Å². The van der Waals surface area contributed by atoms with E-state index in [1.54, 1.807) is 24.3 Å². The molecule has 0 bridgehead atoms. The molecule has 0 N–H and O–H groups in total. The van der Waals surface area contributed by atoms with Crippen molar-refractivity contribution in [2.45, 2.75) is 43.4 Å². The lowest BCUT2D eigenvalue weighted by Crippen LogP contribution is -2.23. The normalized spacial score (nSPS) is 27.5. The van der Waals surface area contributed by atoms with Crippen LogP contribution in [0.5, 0.6) is 0 Å². The SMILES string of the molecule is O=S(=O)(C1=C[C@H]2CCCC[C@@H]2CC1)c1ccccc1. The van der Waals surface area contributed by atoms with E-state index in [0.29, 0.717) is 15.7 Å². The van der Waals surface area contributed by atoms with Crippen molar-refractivity contribution in [1.82, 2.24) is 0 Å². The molecule has 19 heavy (non-hydrogen) atoms. The Morgan fingerprint density at radius 2 is 1.68 bits per heavy atom. The Morgan fingerprint density at radius 3 is 2.47 bits per heavy atom. The number of hydrogen-bond donors (Lipinski definition) is 0. The Morgan fingerprint density at radius 1 is 0.947 bits per heavy atom. The van der Waals surface area contributed by atoms with Gasteiger partial charge in [0.05, 0.1) is 4.90 Å². The van der Waals surface area contributed by atoms with E-state index in [0.717, 1.165) is 18.8 Å². The summed E-state index contributed by atoms with van der Waals surface area (Å²) in [4.78, 5) is 1.09. The molecule has 2 nitrogen and oxygen atoms in total. The van der Waals surface area contributed by atoms with Gasteiger partial charge < -0.3 is 0 Å². The minimum absolute atomic E-state index is 0.440. The molecule has 2 aliphatic carbocycles. The molecule has 1 saturated carbocycles. The molecule has 0 radical (unpaired) electrons. The average Bonchev–Trinajstić information content (AvgIpc) is 2.47. The van der Waals surface area contributed by atoms with Crippen molar-refractivity contribution >= 4 is 9.84 Å². The molecule has 0 aromatic heterocycles. The largest absolute Gasteiger partial charge is 0.219 e. The molecule has 0 heterocycles. The van der Waals surface area contributed by atoms with Gasteiger partial charge in [0.1, 0.15) is 0 Å². The summed E-state index contributed by atoms with van der Waals surface area (Å²) in [5.74, 6) is 1.22. The standard InChI is InChI=1S/C16H20O2S/c17-19(18,15-8-2-1-3-9-15)16-11-10-13-6-4-5-7-14(13)12-16/h1-3,8-9,12-14H,4-7,10-11H2/t13-,14-/m1/s1. The third-order valence-corrected chi connectivity index (χ3v) is 6.45. The van der Waals surface area contributed by atoms with E-state index in [9.17, 15) is 8.42 Å².